The molecule has 0 saturated carbocycles. The molecule has 0 spiro atoms. The molecule has 0 radical (unpaired) electrons. The summed E-state index contributed by atoms with van der Waals surface area (Å²) in [5, 5.41) is 14.8. The molecule has 1 unspecified atom stereocenters. The summed E-state index contributed by atoms with van der Waals surface area (Å²) in [5.41, 5.74) is 2.08. The lowest BCUT2D eigenvalue weighted by Crippen LogP contribution is -2.47. The number of nitrogens with one attached hydrogen (secondary N) is 2. The van der Waals surface area contributed by atoms with E-state index in [1.54, 1.807) is 0 Å². The Balaban J connectivity index is 2.04. The van der Waals surface area contributed by atoms with E-state index in [0.29, 0.717) is 23.9 Å². The summed E-state index contributed by atoms with van der Waals surface area (Å²) in [5.74, 6) is -0.124. The van der Waals surface area contributed by atoms with Gasteiger partial charge in [-0.05, 0) is 25.3 Å². The van der Waals surface area contributed by atoms with Gasteiger partial charge >= 0.3 is 0 Å². The lowest BCUT2D eigenvalue weighted by Gasteiger charge is -2.20. The molecule has 0 aliphatic carbocycles. The average molecular weight is 395 g/mol. The lowest BCUT2D eigenvalue weighted by molar-refractivity contribution is -0.127. The standard InChI is InChI=1S/C18H23ClN4O2S/c1-11(2)15(20-14(24)8-5-9-19)16(25)21-18-23-22-17(26-18)13-7-4-6-12(3)10-13/h4,6-7,10-11,15H,5,8-9H2,1-3H3,(H,20,24)(H,21,23,25). The number of carbonyl (C=O) groups is 2. The molecule has 0 aliphatic heterocycles. The van der Waals surface area contributed by atoms with Crippen LogP contribution in [0.25, 0.3) is 10.6 Å². The van der Waals surface area contributed by atoms with Gasteiger partial charge in [0.25, 0.3) is 0 Å². The molecule has 1 atom stereocenters. The molecule has 0 saturated heterocycles. The van der Waals surface area contributed by atoms with Crippen LogP contribution in [0.1, 0.15) is 32.3 Å². The predicted octanol–water partition coefficient (Wildman–Crippen LogP) is 3.61. The Bertz CT molecular complexity index is 763. The second-order valence-electron chi connectivity index (χ2n) is 6.35. The Kier molecular flexibility index (Phi) is 7.53. The van der Waals surface area contributed by atoms with Crippen LogP contribution in [0.4, 0.5) is 5.13 Å². The van der Waals surface area contributed by atoms with Gasteiger partial charge in [-0.15, -0.1) is 21.8 Å². The number of halogens is 1. The summed E-state index contributed by atoms with van der Waals surface area (Å²) in [6, 6.07) is 7.29. The molecular formula is C18H23ClN4O2S. The first kappa shape index (κ1) is 20.3. The minimum atomic E-state index is -0.635. The first-order valence-corrected chi connectivity index (χ1v) is 9.82. The van der Waals surface area contributed by atoms with Crippen LogP contribution in [-0.2, 0) is 9.59 Å². The van der Waals surface area contributed by atoms with Gasteiger partial charge in [-0.25, -0.2) is 0 Å². The highest BCUT2D eigenvalue weighted by Gasteiger charge is 2.25. The Labute approximate surface area is 162 Å². The van der Waals surface area contributed by atoms with Crippen molar-refractivity contribution in [2.45, 2.75) is 39.7 Å². The number of anilines is 1. The molecule has 8 heteroatoms. The maximum absolute atomic E-state index is 12.6. The summed E-state index contributed by atoms with van der Waals surface area (Å²) in [7, 11) is 0. The molecule has 2 rings (SSSR count). The van der Waals surface area contributed by atoms with E-state index in [2.05, 4.69) is 20.8 Å². The SMILES string of the molecule is Cc1cccc(-c2nnc(NC(=O)C(NC(=O)CCCCl)C(C)C)s2)c1. The molecule has 26 heavy (non-hydrogen) atoms. The van der Waals surface area contributed by atoms with Gasteiger partial charge in [0.15, 0.2) is 0 Å². The Morgan fingerprint density at radius 2 is 2.04 bits per heavy atom. The van der Waals surface area contributed by atoms with E-state index in [1.165, 1.54) is 11.3 Å². The van der Waals surface area contributed by atoms with Crippen molar-refractivity contribution in [3.63, 3.8) is 0 Å². The quantitative estimate of drug-likeness (QED) is 0.670. The number of hydrogen-bond acceptors (Lipinski definition) is 5. The van der Waals surface area contributed by atoms with Crippen molar-refractivity contribution in [3.05, 3.63) is 29.8 Å². The van der Waals surface area contributed by atoms with E-state index in [0.717, 1.165) is 16.1 Å². The fourth-order valence-corrected chi connectivity index (χ4v) is 3.24. The number of amides is 2. The van der Waals surface area contributed by atoms with Crippen LogP contribution in [-0.4, -0.2) is 33.9 Å². The van der Waals surface area contributed by atoms with Crippen molar-refractivity contribution in [2.24, 2.45) is 5.92 Å². The highest BCUT2D eigenvalue weighted by atomic mass is 35.5. The van der Waals surface area contributed by atoms with E-state index in [-0.39, 0.29) is 17.7 Å². The van der Waals surface area contributed by atoms with Gasteiger partial charge in [0, 0.05) is 17.9 Å². The molecule has 0 bridgehead atoms. The van der Waals surface area contributed by atoms with Gasteiger partial charge in [0.05, 0.1) is 0 Å². The van der Waals surface area contributed by atoms with E-state index >= 15 is 0 Å². The van der Waals surface area contributed by atoms with E-state index in [9.17, 15) is 9.59 Å². The van der Waals surface area contributed by atoms with E-state index in [4.69, 9.17) is 11.6 Å². The molecule has 1 aromatic heterocycles. The third-order valence-corrected chi connectivity index (χ3v) is 4.88. The van der Waals surface area contributed by atoms with Crippen LogP contribution in [0.3, 0.4) is 0 Å². The summed E-state index contributed by atoms with van der Waals surface area (Å²) in [6.45, 7) is 5.77. The molecule has 0 fully saturated rings. The van der Waals surface area contributed by atoms with Crippen LogP contribution >= 0.6 is 22.9 Å². The maximum Gasteiger partial charge on any atom is 0.249 e. The smallest absolute Gasteiger partial charge is 0.249 e. The average Bonchev–Trinajstić information content (AvgIpc) is 3.06. The topological polar surface area (TPSA) is 84.0 Å². The minimum absolute atomic E-state index is 0.0564. The predicted molar refractivity (Wildman–Crippen MR) is 105 cm³/mol. The van der Waals surface area contributed by atoms with Crippen molar-refractivity contribution < 1.29 is 9.59 Å². The molecule has 2 N–H and O–H groups in total. The van der Waals surface area contributed by atoms with Crippen molar-refractivity contribution in [1.82, 2.24) is 15.5 Å². The highest BCUT2D eigenvalue weighted by molar-refractivity contribution is 7.18. The lowest BCUT2D eigenvalue weighted by atomic mass is 10.0. The summed E-state index contributed by atoms with van der Waals surface area (Å²) >= 11 is 6.90. The Morgan fingerprint density at radius 1 is 1.27 bits per heavy atom. The normalized spacial score (nSPS) is 12.0. The fourth-order valence-electron chi connectivity index (χ4n) is 2.36. The van der Waals surface area contributed by atoms with Gasteiger partial charge in [-0.1, -0.05) is 48.9 Å². The molecule has 140 valence electrons. The van der Waals surface area contributed by atoms with Gasteiger partial charge in [0.1, 0.15) is 11.0 Å². The molecule has 6 nitrogen and oxygen atoms in total. The van der Waals surface area contributed by atoms with Crippen molar-refractivity contribution in [1.29, 1.82) is 0 Å². The third-order valence-electron chi connectivity index (χ3n) is 3.72. The number of benzene rings is 1. The second kappa shape index (κ2) is 9.64. The molecular weight excluding hydrogens is 372 g/mol. The third kappa shape index (κ3) is 5.78. The number of aryl methyl sites for hydroxylation is 1. The van der Waals surface area contributed by atoms with Crippen molar-refractivity contribution in [2.75, 3.05) is 11.2 Å². The molecule has 2 aromatic rings. The van der Waals surface area contributed by atoms with Crippen LogP contribution in [0.15, 0.2) is 24.3 Å². The zero-order valence-corrected chi connectivity index (χ0v) is 16.7. The van der Waals surface area contributed by atoms with Crippen LogP contribution in [0.2, 0.25) is 0 Å². The van der Waals surface area contributed by atoms with Gasteiger partial charge in [-0.2, -0.15) is 0 Å². The van der Waals surface area contributed by atoms with Crippen LogP contribution in [0.5, 0.6) is 0 Å². The number of aromatic nitrogens is 2. The molecule has 0 aliphatic rings. The molecule has 1 aromatic carbocycles. The van der Waals surface area contributed by atoms with E-state index < -0.39 is 6.04 Å². The number of hydrogen-bond donors (Lipinski definition) is 2. The van der Waals surface area contributed by atoms with Crippen LogP contribution in [0, 0.1) is 12.8 Å². The minimum Gasteiger partial charge on any atom is -0.344 e. The van der Waals surface area contributed by atoms with Gasteiger partial charge < -0.3 is 5.32 Å². The highest BCUT2D eigenvalue weighted by Crippen LogP contribution is 2.27. The number of rotatable bonds is 8. The number of carbonyl (C=O) groups excluding carboxylic acids is 2. The second-order valence-corrected chi connectivity index (χ2v) is 7.71. The van der Waals surface area contributed by atoms with Crippen LogP contribution < -0.4 is 10.6 Å². The van der Waals surface area contributed by atoms with Crippen molar-refractivity contribution in [3.8, 4) is 10.6 Å². The van der Waals surface area contributed by atoms with E-state index in [1.807, 2.05) is 45.0 Å². The summed E-state index contributed by atoms with van der Waals surface area (Å²) in [6.07, 6.45) is 0.881. The Morgan fingerprint density at radius 3 is 2.69 bits per heavy atom. The molecule has 1 heterocycles. The molecule has 2 amide bonds. The largest absolute Gasteiger partial charge is 0.344 e. The summed E-state index contributed by atoms with van der Waals surface area (Å²) in [4.78, 5) is 24.5. The first-order valence-electron chi connectivity index (χ1n) is 8.47. The fraction of sp³-hybridized carbons (Fsp3) is 0.444. The maximum atomic E-state index is 12.6. The Hall–Kier alpha value is -1.99. The zero-order chi connectivity index (χ0) is 19.1. The first-order chi connectivity index (χ1) is 12.4. The number of nitrogens with zero attached hydrogens (tertiary/aromatic N) is 2. The summed E-state index contributed by atoms with van der Waals surface area (Å²) < 4.78 is 0. The number of alkyl halides is 1. The zero-order valence-electron chi connectivity index (χ0n) is 15.1. The van der Waals surface area contributed by atoms with Crippen molar-refractivity contribution >= 4 is 39.9 Å². The van der Waals surface area contributed by atoms with Gasteiger partial charge in [0.2, 0.25) is 16.9 Å². The monoisotopic (exact) mass is 394 g/mol. The van der Waals surface area contributed by atoms with Gasteiger partial charge in [-0.3, -0.25) is 14.9 Å².